The second-order valence-electron chi connectivity index (χ2n) is 2.81. The minimum atomic E-state index is -4.96. The van der Waals surface area contributed by atoms with Crippen LogP contribution in [0.4, 0.5) is 12.9 Å². The predicted molar refractivity (Wildman–Crippen MR) is 45.3 cm³/mol. The van der Waals surface area contributed by atoms with Crippen LogP contribution < -0.4 is 5.46 Å². The van der Waals surface area contributed by atoms with Crippen LogP contribution in [0.15, 0.2) is 18.2 Å². The van der Waals surface area contributed by atoms with Gasteiger partial charge >= 0.3 is 6.98 Å². The van der Waals surface area contributed by atoms with Crippen LogP contribution in [-0.2, 0) is 0 Å². The topological polar surface area (TPSA) is 17.1 Å². The van der Waals surface area contributed by atoms with Gasteiger partial charge in [-0.05, 0) is 12.5 Å². The Bertz CT molecular complexity index is 333. The van der Waals surface area contributed by atoms with E-state index in [4.69, 9.17) is 0 Å². The van der Waals surface area contributed by atoms with Gasteiger partial charge in [-0.3, -0.25) is 4.79 Å². The molecule has 1 nitrogen and oxygen atoms in total. The summed E-state index contributed by atoms with van der Waals surface area (Å²) >= 11 is 0. The molecule has 1 aromatic carbocycles. The lowest BCUT2D eigenvalue weighted by molar-refractivity contribution is 0.112. The van der Waals surface area contributed by atoms with Crippen LogP contribution in [0.2, 0.25) is 0 Å². The molecule has 0 bridgehead atoms. The van der Waals surface area contributed by atoms with Crippen LogP contribution >= 0.6 is 0 Å². The lowest BCUT2D eigenvalue weighted by Crippen LogP contribution is -2.34. The molecule has 0 amide bonds. The first kappa shape index (κ1) is 9.83. The molecule has 0 aliphatic rings. The van der Waals surface area contributed by atoms with Crippen molar-refractivity contribution in [1.82, 2.24) is 0 Å². The Morgan fingerprint density at radius 1 is 1.31 bits per heavy atom. The second kappa shape index (κ2) is 3.24. The van der Waals surface area contributed by atoms with Gasteiger partial charge in [-0.1, -0.05) is 18.2 Å². The van der Waals surface area contributed by atoms with Crippen molar-refractivity contribution in [1.29, 1.82) is 0 Å². The third-order valence-electron chi connectivity index (χ3n) is 1.80. The smallest absolute Gasteiger partial charge is 0.445 e. The quantitative estimate of drug-likeness (QED) is 0.510. The van der Waals surface area contributed by atoms with Gasteiger partial charge in [-0.15, -0.1) is 5.46 Å². The molecular weight excluding hydrogens is 180 g/mol. The Balaban J connectivity index is 3.17. The van der Waals surface area contributed by atoms with E-state index in [1.807, 2.05) is 0 Å². The highest BCUT2D eigenvalue weighted by atomic mass is 19.4. The molecule has 0 aliphatic carbocycles. The fourth-order valence-corrected chi connectivity index (χ4v) is 1.03. The fourth-order valence-electron chi connectivity index (χ4n) is 1.03. The van der Waals surface area contributed by atoms with E-state index in [0.29, 0.717) is 17.4 Å². The van der Waals surface area contributed by atoms with Crippen LogP contribution in [0.3, 0.4) is 0 Å². The minimum Gasteiger partial charge on any atom is -0.445 e. The lowest BCUT2D eigenvalue weighted by atomic mass is 9.79. The van der Waals surface area contributed by atoms with Gasteiger partial charge in [-0.2, -0.15) is 0 Å². The molecule has 70 valence electrons. The highest BCUT2D eigenvalue weighted by Gasteiger charge is 2.25. The normalized spacial score (nSPS) is 11.4. The predicted octanol–water partition coefficient (Wildman–Crippen LogP) is 1.86. The maximum atomic E-state index is 12.2. The number of carbonyl (C=O) groups excluding carboxylic acids is 1. The third-order valence-corrected chi connectivity index (χ3v) is 1.80. The van der Waals surface area contributed by atoms with E-state index in [-0.39, 0.29) is 0 Å². The number of halogens is 3. The molecule has 0 unspecified atom stereocenters. The zero-order valence-corrected chi connectivity index (χ0v) is 6.93. The van der Waals surface area contributed by atoms with Crippen molar-refractivity contribution in [2.24, 2.45) is 0 Å². The second-order valence-corrected chi connectivity index (χ2v) is 2.81. The van der Waals surface area contributed by atoms with Crippen LogP contribution in [0, 0.1) is 6.92 Å². The standard InChI is InChI=1S/C8H7BF3O/c1-6-4-8(9(10,11)12)3-2-7(6)5-13/h2-5H,1H3/q-1. The Morgan fingerprint density at radius 3 is 2.31 bits per heavy atom. The van der Waals surface area contributed by atoms with Crippen molar-refractivity contribution < 1.29 is 17.7 Å². The van der Waals surface area contributed by atoms with Gasteiger partial charge in [0.15, 0.2) is 0 Å². The summed E-state index contributed by atoms with van der Waals surface area (Å²) in [5.41, 5.74) is -0.0152. The van der Waals surface area contributed by atoms with E-state index in [1.54, 1.807) is 0 Å². The van der Waals surface area contributed by atoms with Gasteiger partial charge in [0.25, 0.3) is 0 Å². The number of carbonyl (C=O) groups is 1. The van der Waals surface area contributed by atoms with Crippen molar-refractivity contribution in [2.45, 2.75) is 6.92 Å². The van der Waals surface area contributed by atoms with E-state index in [0.717, 1.165) is 12.1 Å². The van der Waals surface area contributed by atoms with E-state index in [9.17, 15) is 17.7 Å². The molecule has 5 heteroatoms. The summed E-state index contributed by atoms with van der Waals surface area (Å²) in [6.45, 7) is -3.48. The largest absolute Gasteiger partial charge is 0.509 e. The number of hydrogen-bond donors (Lipinski definition) is 0. The Labute approximate surface area is 73.6 Å². The summed E-state index contributed by atoms with van der Waals surface area (Å²) in [5.74, 6) is 0. The third kappa shape index (κ3) is 2.11. The van der Waals surface area contributed by atoms with Crippen LogP contribution in [-0.4, -0.2) is 13.3 Å². The zero-order chi connectivity index (χ0) is 10.1. The molecule has 0 atom stereocenters. The van der Waals surface area contributed by atoms with Crippen molar-refractivity contribution in [3.63, 3.8) is 0 Å². The molecular formula is C8H7BF3O-. The monoisotopic (exact) mass is 187 g/mol. The molecule has 0 fully saturated rings. The highest BCUT2D eigenvalue weighted by Crippen LogP contribution is 2.11. The first-order valence-electron chi connectivity index (χ1n) is 3.71. The van der Waals surface area contributed by atoms with E-state index >= 15 is 0 Å². The van der Waals surface area contributed by atoms with Gasteiger partial charge in [0.1, 0.15) is 6.29 Å². The van der Waals surface area contributed by atoms with Gasteiger partial charge in [0.2, 0.25) is 0 Å². The molecule has 0 heterocycles. The summed E-state index contributed by atoms with van der Waals surface area (Å²) in [6.07, 6.45) is 0.544. The van der Waals surface area contributed by atoms with Crippen LogP contribution in [0.25, 0.3) is 0 Å². The van der Waals surface area contributed by atoms with Gasteiger partial charge in [-0.25, -0.2) is 0 Å². The lowest BCUT2D eigenvalue weighted by Gasteiger charge is -2.15. The first-order chi connectivity index (χ1) is 5.95. The van der Waals surface area contributed by atoms with Crippen molar-refractivity contribution in [2.75, 3.05) is 0 Å². The maximum absolute atomic E-state index is 12.2. The molecule has 0 radical (unpaired) electrons. The fraction of sp³-hybridized carbons (Fsp3) is 0.125. The summed E-state index contributed by atoms with van der Waals surface area (Å²) < 4.78 is 36.5. The van der Waals surface area contributed by atoms with Gasteiger partial charge in [0.05, 0.1) is 0 Å². The van der Waals surface area contributed by atoms with E-state index < -0.39 is 12.4 Å². The zero-order valence-electron chi connectivity index (χ0n) is 6.93. The van der Waals surface area contributed by atoms with Gasteiger partial charge in [0, 0.05) is 5.56 Å². The van der Waals surface area contributed by atoms with Crippen molar-refractivity contribution in [3.05, 3.63) is 29.3 Å². The molecule has 1 rings (SSSR count). The van der Waals surface area contributed by atoms with E-state index in [2.05, 4.69) is 0 Å². The molecule has 0 spiro atoms. The molecule has 1 aromatic rings. The summed E-state index contributed by atoms with van der Waals surface area (Å²) in [4.78, 5) is 10.3. The summed E-state index contributed by atoms with van der Waals surface area (Å²) in [5, 5.41) is 0. The first-order valence-corrected chi connectivity index (χ1v) is 3.71. The van der Waals surface area contributed by atoms with Crippen molar-refractivity contribution in [3.8, 4) is 0 Å². The Hall–Kier alpha value is -1.26. The maximum Gasteiger partial charge on any atom is 0.509 e. The Morgan fingerprint density at radius 2 is 1.92 bits per heavy atom. The average Bonchev–Trinajstić information content (AvgIpc) is 2.02. The molecule has 0 aromatic heterocycles. The highest BCUT2D eigenvalue weighted by molar-refractivity contribution is 6.73. The number of benzene rings is 1. The Kier molecular flexibility index (Phi) is 2.45. The number of aldehydes is 1. The van der Waals surface area contributed by atoms with Crippen LogP contribution in [0.5, 0.6) is 0 Å². The number of rotatable bonds is 2. The van der Waals surface area contributed by atoms with E-state index in [1.165, 1.54) is 13.0 Å². The molecule has 0 N–H and O–H groups in total. The molecule has 0 saturated carbocycles. The van der Waals surface area contributed by atoms with Crippen molar-refractivity contribution >= 4 is 18.7 Å². The molecule has 0 aliphatic heterocycles. The van der Waals surface area contributed by atoms with Gasteiger partial charge < -0.3 is 12.9 Å². The molecule has 13 heavy (non-hydrogen) atoms. The number of hydrogen-bond acceptors (Lipinski definition) is 1. The molecule has 0 saturated heterocycles. The summed E-state index contributed by atoms with van der Waals surface area (Å²) in [7, 11) is 0. The SMILES string of the molecule is Cc1cc([B-](F)(F)F)ccc1C=O. The van der Waals surface area contributed by atoms with Crippen LogP contribution in [0.1, 0.15) is 15.9 Å². The number of aryl methyl sites for hydroxylation is 1. The summed E-state index contributed by atoms with van der Waals surface area (Å²) in [6, 6.07) is 3.10. The minimum absolute atomic E-state index is 0.295. The average molecular weight is 187 g/mol.